The van der Waals surface area contributed by atoms with Crippen LogP contribution in [0.25, 0.3) is 10.9 Å². The molecule has 0 radical (unpaired) electrons. The lowest BCUT2D eigenvalue weighted by atomic mass is 9.78. The molecule has 5 nitrogen and oxygen atoms in total. The van der Waals surface area contributed by atoms with E-state index in [1.54, 1.807) is 0 Å². The number of hydrogen-bond donors (Lipinski definition) is 2. The van der Waals surface area contributed by atoms with Gasteiger partial charge in [0, 0.05) is 29.6 Å². The molecule has 1 aromatic heterocycles. The van der Waals surface area contributed by atoms with Gasteiger partial charge in [0.1, 0.15) is 0 Å². The second-order valence-corrected chi connectivity index (χ2v) is 7.82. The summed E-state index contributed by atoms with van der Waals surface area (Å²) >= 11 is 0. The first-order chi connectivity index (χ1) is 13.0. The van der Waals surface area contributed by atoms with Gasteiger partial charge >= 0.3 is 5.97 Å². The average Bonchev–Trinajstić information content (AvgIpc) is 3.07. The van der Waals surface area contributed by atoms with Gasteiger partial charge in [0.15, 0.2) is 6.61 Å². The average molecular weight is 370 g/mol. The highest BCUT2D eigenvalue weighted by Crippen LogP contribution is 2.29. The molecule has 2 N–H and O–H groups in total. The third-order valence-electron chi connectivity index (χ3n) is 5.92. The van der Waals surface area contributed by atoms with Crippen molar-refractivity contribution in [3.63, 3.8) is 0 Å². The molecule has 1 heterocycles. The van der Waals surface area contributed by atoms with Crippen molar-refractivity contribution in [2.24, 2.45) is 11.8 Å². The molecule has 1 saturated carbocycles. The lowest BCUT2D eigenvalue weighted by Gasteiger charge is -2.34. The van der Waals surface area contributed by atoms with E-state index in [9.17, 15) is 9.59 Å². The van der Waals surface area contributed by atoms with Crippen molar-refractivity contribution in [3.05, 3.63) is 36.0 Å². The Morgan fingerprint density at radius 2 is 2.04 bits per heavy atom. The normalized spacial score (nSPS) is 22.5. The highest BCUT2D eigenvalue weighted by Gasteiger charge is 2.28. The first-order valence-corrected chi connectivity index (χ1v) is 10.0. The summed E-state index contributed by atoms with van der Waals surface area (Å²) in [5.74, 6) is 0.590. The van der Waals surface area contributed by atoms with Gasteiger partial charge in [-0.05, 0) is 42.7 Å². The van der Waals surface area contributed by atoms with Gasteiger partial charge in [-0.1, -0.05) is 44.9 Å². The number of benzene rings is 1. The number of H-pyrrole nitrogens is 1. The molecule has 1 aliphatic carbocycles. The molecule has 2 aromatic rings. The van der Waals surface area contributed by atoms with Crippen LogP contribution in [0.4, 0.5) is 0 Å². The van der Waals surface area contributed by atoms with Gasteiger partial charge in [-0.25, -0.2) is 0 Å². The Morgan fingerprint density at radius 3 is 2.89 bits per heavy atom. The van der Waals surface area contributed by atoms with Crippen molar-refractivity contribution < 1.29 is 14.3 Å². The maximum atomic E-state index is 12.1. The zero-order chi connectivity index (χ0) is 19.2. The fourth-order valence-electron chi connectivity index (χ4n) is 4.01. The van der Waals surface area contributed by atoms with Crippen molar-refractivity contribution in [2.45, 2.75) is 58.4 Å². The van der Waals surface area contributed by atoms with E-state index in [1.165, 1.54) is 17.4 Å². The van der Waals surface area contributed by atoms with Crippen molar-refractivity contribution in [2.75, 3.05) is 6.61 Å². The standard InChI is InChI=1S/C22H30N2O3/c1-15-7-5-11-19(16(15)2)24-21(25)14-27-22(26)12-6-8-17-13-23-20-10-4-3-9-18(17)20/h3-4,9-10,13,15-16,19,23H,5-8,11-12,14H2,1-2H3,(H,24,25)/t15-,16-,19+/m1/s1. The number of nitrogens with one attached hydrogen (secondary N) is 2. The molecule has 0 saturated heterocycles. The molecular weight excluding hydrogens is 340 g/mol. The predicted octanol–water partition coefficient (Wildman–Crippen LogP) is 3.97. The Bertz CT molecular complexity index is 783. The van der Waals surface area contributed by atoms with E-state index < -0.39 is 0 Å². The summed E-state index contributed by atoms with van der Waals surface area (Å²) in [6.07, 6.45) is 7.21. The van der Waals surface area contributed by atoms with Crippen LogP contribution < -0.4 is 5.32 Å². The van der Waals surface area contributed by atoms with Gasteiger partial charge in [-0.3, -0.25) is 9.59 Å². The minimum absolute atomic E-state index is 0.177. The number of carbonyl (C=O) groups excluding carboxylic acids is 2. The summed E-state index contributed by atoms with van der Waals surface area (Å²) in [7, 11) is 0. The number of aromatic amines is 1. The number of aromatic nitrogens is 1. The molecule has 1 fully saturated rings. The Kier molecular flexibility index (Phi) is 6.54. The van der Waals surface area contributed by atoms with Crippen LogP contribution >= 0.6 is 0 Å². The summed E-state index contributed by atoms with van der Waals surface area (Å²) < 4.78 is 5.16. The lowest BCUT2D eigenvalue weighted by molar-refractivity contribution is -0.149. The van der Waals surface area contributed by atoms with E-state index in [4.69, 9.17) is 4.74 Å². The van der Waals surface area contributed by atoms with E-state index in [0.717, 1.165) is 24.8 Å². The van der Waals surface area contributed by atoms with E-state index in [0.29, 0.717) is 24.7 Å². The van der Waals surface area contributed by atoms with Crippen molar-refractivity contribution >= 4 is 22.8 Å². The highest BCUT2D eigenvalue weighted by atomic mass is 16.5. The second-order valence-electron chi connectivity index (χ2n) is 7.82. The lowest BCUT2D eigenvalue weighted by Crippen LogP contribution is -2.45. The summed E-state index contributed by atoms with van der Waals surface area (Å²) in [4.78, 5) is 27.3. The summed E-state index contributed by atoms with van der Waals surface area (Å²) in [6, 6.07) is 8.33. The molecule has 0 aliphatic heterocycles. The molecule has 1 amide bonds. The molecule has 3 rings (SSSR count). The number of amides is 1. The highest BCUT2D eigenvalue weighted by molar-refractivity contribution is 5.83. The van der Waals surface area contributed by atoms with E-state index in [-0.39, 0.29) is 24.5 Å². The molecular formula is C22H30N2O3. The molecule has 5 heteroatoms. The van der Waals surface area contributed by atoms with Crippen molar-refractivity contribution in [1.82, 2.24) is 10.3 Å². The fraction of sp³-hybridized carbons (Fsp3) is 0.545. The van der Waals surface area contributed by atoms with Crippen LogP contribution in [-0.4, -0.2) is 29.5 Å². The number of fused-ring (bicyclic) bond motifs is 1. The van der Waals surface area contributed by atoms with Gasteiger partial charge in [0.05, 0.1) is 0 Å². The monoisotopic (exact) mass is 370 g/mol. The number of aryl methyl sites for hydroxylation is 1. The number of rotatable bonds is 7. The molecule has 0 bridgehead atoms. The number of para-hydroxylation sites is 1. The third-order valence-corrected chi connectivity index (χ3v) is 5.92. The molecule has 1 aromatic carbocycles. The van der Waals surface area contributed by atoms with Gasteiger partial charge in [0.25, 0.3) is 5.91 Å². The van der Waals surface area contributed by atoms with Crippen molar-refractivity contribution in [1.29, 1.82) is 0 Å². The van der Waals surface area contributed by atoms with E-state index in [1.807, 2.05) is 24.4 Å². The summed E-state index contributed by atoms with van der Waals surface area (Å²) in [5.41, 5.74) is 2.31. The topological polar surface area (TPSA) is 71.2 Å². The van der Waals surface area contributed by atoms with Gasteiger partial charge < -0.3 is 15.0 Å². The number of carbonyl (C=O) groups is 2. The van der Waals surface area contributed by atoms with Crippen LogP contribution in [0.1, 0.15) is 51.5 Å². The van der Waals surface area contributed by atoms with Crippen LogP contribution in [0, 0.1) is 11.8 Å². The Labute approximate surface area is 160 Å². The van der Waals surface area contributed by atoms with Crippen LogP contribution in [-0.2, 0) is 20.7 Å². The Morgan fingerprint density at radius 1 is 1.22 bits per heavy atom. The second kappa shape index (κ2) is 9.07. The van der Waals surface area contributed by atoms with Crippen LogP contribution in [0.2, 0.25) is 0 Å². The predicted molar refractivity (Wildman–Crippen MR) is 106 cm³/mol. The molecule has 0 unspecified atom stereocenters. The largest absolute Gasteiger partial charge is 0.456 e. The maximum absolute atomic E-state index is 12.1. The fourth-order valence-corrected chi connectivity index (χ4v) is 4.01. The van der Waals surface area contributed by atoms with Crippen LogP contribution in [0.3, 0.4) is 0 Å². The summed E-state index contributed by atoms with van der Waals surface area (Å²) in [5, 5.41) is 4.23. The zero-order valence-electron chi connectivity index (χ0n) is 16.3. The number of esters is 1. The van der Waals surface area contributed by atoms with Gasteiger partial charge in [-0.2, -0.15) is 0 Å². The van der Waals surface area contributed by atoms with E-state index in [2.05, 4.69) is 30.2 Å². The van der Waals surface area contributed by atoms with Gasteiger partial charge in [-0.15, -0.1) is 0 Å². The summed E-state index contributed by atoms with van der Waals surface area (Å²) in [6.45, 7) is 4.24. The molecule has 1 aliphatic rings. The first kappa shape index (κ1) is 19.5. The zero-order valence-corrected chi connectivity index (χ0v) is 16.3. The molecule has 0 spiro atoms. The minimum Gasteiger partial charge on any atom is -0.456 e. The molecule has 146 valence electrons. The van der Waals surface area contributed by atoms with Crippen LogP contribution in [0.5, 0.6) is 0 Å². The molecule has 3 atom stereocenters. The number of ether oxygens (including phenoxy) is 1. The molecule has 27 heavy (non-hydrogen) atoms. The van der Waals surface area contributed by atoms with Crippen LogP contribution in [0.15, 0.2) is 30.5 Å². The smallest absolute Gasteiger partial charge is 0.306 e. The first-order valence-electron chi connectivity index (χ1n) is 10.0. The number of hydrogen-bond acceptors (Lipinski definition) is 3. The Hall–Kier alpha value is -2.30. The maximum Gasteiger partial charge on any atom is 0.306 e. The third kappa shape index (κ3) is 5.12. The van der Waals surface area contributed by atoms with Gasteiger partial charge in [0.2, 0.25) is 0 Å². The minimum atomic E-state index is -0.310. The van der Waals surface area contributed by atoms with E-state index >= 15 is 0 Å². The van der Waals surface area contributed by atoms with Crippen molar-refractivity contribution in [3.8, 4) is 0 Å². The SMILES string of the molecule is C[C@@H]1[C@H](C)CCC[C@@H]1NC(=O)COC(=O)CCCc1c[nH]c2ccccc12. The quantitative estimate of drug-likeness (QED) is 0.724. The Balaban J connectivity index is 1.36.